The zero-order valence-electron chi connectivity index (χ0n) is 16.3. The lowest BCUT2D eigenvalue weighted by Gasteiger charge is -2.34. The van der Waals surface area contributed by atoms with Gasteiger partial charge in [-0.15, -0.1) is 0 Å². The molecule has 1 fully saturated rings. The average Bonchev–Trinajstić information content (AvgIpc) is 3.12. The molecule has 148 valence electrons. The topological polar surface area (TPSA) is 86.9 Å². The Morgan fingerprint density at radius 1 is 1.31 bits per heavy atom. The molecule has 0 radical (unpaired) electrons. The minimum absolute atomic E-state index is 0.131. The van der Waals surface area contributed by atoms with Gasteiger partial charge in [-0.05, 0) is 51.9 Å². The van der Waals surface area contributed by atoms with Crippen LogP contribution in [0.15, 0.2) is 27.8 Å². The Bertz CT molecular complexity index is 677. The van der Waals surface area contributed by atoms with Crippen molar-refractivity contribution in [3.63, 3.8) is 0 Å². The Hall–Kier alpha value is -1.54. The summed E-state index contributed by atoms with van der Waals surface area (Å²) in [4.78, 5) is 6.66. The minimum atomic E-state index is -3.16. The zero-order chi connectivity index (χ0) is 19.2. The van der Waals surface area contributed by atoms with Crippen molar-refractivity contribution in [3.8, 4) is 0 Å². The van der Waals surface area contributed by atoms with Gasteiger partial charge in [0.2, 0.25) is 0 Å². The lowest BCUT2D eigenvalue weighted by atomic mass is 10.1. The number of hydrogen-bond donors (Lipinski definition) is 2. The normalized spacial score (nSPS) is 18.5. The Balaban J connectivity index is 1.97. The third kappa shape index (κ3) is 5.48. The SMILES string of the molecule is CN=C(NCC(c1ccco1)N1CCCCC1)NCC(C)(C)S(C)(=O)=O. The summed E-state index contributed by atoms with van der Waals surface area (Å²) in [7, 11) is -1.47. The molecule has 1 aromatic rings. The second kappa shape index (κ2) is 8.90. The van der Waals surface area contributed by atoms with Crippen molar-refractivity contribution in [3.05, 3.63) is 24.2 Å². The average molecular weight is 385 g/mol. The molecule has 1 aromatic heterocycles. The number of likely N-dealkylation sites (tertiary alicyclic amines) is 1. The molecule has 0 aromatic carbocycles. The van der Waals surface area contributed by atoms with Gasteiger partial charge in [0.25, 0.3) is 0 Å². The van der Waals surface area contributed by atoms with Crippen molar-refractivity contribution in [2.24, 2.45) is 4.99 Å². The van der Waals surface area contributed by atoms with E-state index in [4.69, 9.17) is 4.42 Å². The molecule has 1 atom stereocenters. The van der Waals surface area contributed by atoms with Crippen molar-refractivity contribution >= 4 is 15.8 Å². The molecule has 0 amide bonds. The van der Waals surface area contributed by atoms with Crippen molar-refractivity contribution in [1.29, 1.82) is 0 Å². The fraction of sp³-hybridized carbons (Fsp3) is 0.722. The fourth-order valence-electron chi connectivity index (χ4n) is 2.96. The van der Waals surface area contributed by atoms with E-state index in [1.807, 2.05) is 12.1 Å². The maximum absolute atomic E-state index is 11.9. The van der Waals surface area contributed by atoms with Crippen LogP contribution < -0.4 is 10.6 Å². The van der Waals surface area contributed by atoms with E-state index in [2.05, 4.69) is 20.5 Å². The van der Waals surface area contributed by atoms with Gasteiger partial charge in [-0.2, -0.15) is 0 Å². The van der Waals surface area contributed by atoms with Crippen molar-refractivity contribution in [2.75, 3.05) is 39.5 Å². The second-order valence-corrected chi connectivity index (χ2v) is 10.1. The van der Waals surface area contributed by atoms with Crippen LogP contribution in [0.5, 0.6) is 0 Å². The van der Waals surface area contributed by atoms with Crippen LogP contribution in [0.1, 0.15) is 44.9 Å². The van der Waals surface area contributed by atoms with Crippen LogP contribution >= 0.6 is 0 Å². The number of hydrogen-bond acceptors (Lipinski definition) is 5. The zero-order valence-corrected chi connectivity index (χ0v) is 17.1. The van der Waals surface area contributed by atoms with Crippen LogP contribution in [0.2, 0.25) is 0 Å². The highest BCUT2D eigenvalue weighted by Crippen LogP contribution is 2.24. The lowest BCUT2D eigenvalue weighted by Crippen LogP contribution is -2.49. The van der Waals surface area contributed by atoms with Crippen LogP contribution in [0.3, 0.4) is 0 Å². The Labute approximate surface area is 157 Å². The number of nitrogens with one attached hydrogen (secondary N) is 2. The molecule has 26 heavy (non-hydrogen) atoms. The largest absolute Gasteiger partial charge is 0.468 e. The summed E-state index contributed by atoms with van der Waals surface area (Å²) in [5.74, 6) is 1.53. The van der Waals surface area contributed by atoms with E-state index >= 15 is 0 Å². The van der Waals surface area contributed by atoms with Crippen LogP contribution in [0.4, 0.5) is 0 Å². The van der Waals surface area contributed by atoms with Crippen LogP contribution in [-0.2, 0) is 9.84 Å². The number of rotatable bonds is 7. The monoisotopic (exact) mass is 384 g/mol. The first-order valence-corrected chi connectivity index (χ1v) is 11.1. The molecule has 0 spiro atoms. The molecule has 0 aliphatic carbocycles. The quantitative estimate of drug-likeness (QED) is 0.551. The van der Waals surface area contributed by atoms with Crippen LogP contribution in [0, 0.1) is 0 Å². The van der Waals surface area contributed by atoms with Gasteiger partial charge in [0.05, 0.1) is 17.1 Å². The van der Waals surface area contributed by atoms with Crippen LogP contribution in [-0.4, -0.2) is 63.5 Å². The molecule has 1 aliphatic rings. The van der Waals surface area contributed by atoms with Crippen molar-refractivity contribution < 1.29 is 12.8 Å². The second-order valence-electron chi connectivity index (χ2n) is 7.47. The van der Waals surface area contributed by atoms with Gasteiger partial charge in [-0.1, -0.05) is 6.42 Å². The first-order valence-electron chi connectivity index (χ1n) is 9.16. The number of piperidine rings is 1. The standard InChI is InChI=1S/C18H32N4O3S/c1-18(2,26(4,23)24)14-21-17(19-3)20-13-15(16-9-8-12-25-16)22-10-6-5-7-11-22/h8-9,12,15H,5-7,10-11,13-14H2,1-4H3,(H2,19,20,21). The van der Waals surface area contributed by atoms with Crippen molar-refractivity contribution in [1.82, 2.24) is 15.5 Å². The van der Waals surface area contributed by atoms with Crippen molar-refractivity contribution in [2.45, 2.75) is 43.9 Å². The molecule has 8 heteroatoms. The van der Waals surface area contributed by atoms with Gasteiger partial charge in [-0.3, -0.25) is 9.89 Å². The molecule has 2 N–H and O–H groups in total. The van der Waals surface area contributed by atoms with E-state index < -0.39 is 14.6 Å². The number of furan rings is 1. The third-order valence-electron chi connectivity index (χ3n) is 5.07. The smallest absolute Gasteiger partial charge is 0.191 e. The number of nitrogens with zero attached hydrogens (tertiary/aromatic N) is 2. The first-order chi connectivity index (χ1) is 12.2. The molecule has 1 unspecified atom stereocenters. The van der Waals surface area contributed by atoms with Gasteiger partial charge in [-0.25, -0.2) is 8.42 Å². The summed E-state index contributed by atoms with van der Waals surface area (Å²) < 4.78 is 28.5. The summed E-state index contributed by atoms with van der Waals surface area (Å²) in [5, 5.41) is 6.45. The summed E-state index contributed by atoms with van der Waals surface area (Å²) >= 11 is 0. The van der Waals surface area contributed by atoms with Gasteiger partial charge in [0.1, 0.15) is 5.76 Å². The Morgan fingerprint density at radius 3 is 2.54 bits per heavy atom. The van der Waals surface area contributed by atoms with E-state index in [0.29, 0.717) is 19.0 Å². The maximum Gasteiger partial charge on any atom is 0.191 e. The third-order valence-corrected chi connectivity index (χ3v) is 7.23. The number of aliphatic imine (C=N–C) groups is 1. The van der Waals surface area contributed by atoms with Gasteiger partial charge < -0.3 is 15.1 Å². The van der Waals surface area contributed by atoms with E-state index in [0.717, 1.165) is 18.8 Å². The van der Waals surface area contributed by atoms with E-state index in [1.165, 1.54) is 25.5 Å². The predicted molar refractivity (Wildman–Crippen MR) is 105 cm³/mol. The maximum atomic E-state index is 11.9. The Kier molecular flexibility index (Phi) is 7.11. The summed E-state index contributed by atoms with van der Waals surface area (Å²) in [6.45, 7) is 6.47. The van der Waals surface area contributed by atoms with E-state index in [9.17, 15) is 8.42 Å². The van der Waals surface area contributed by atoms with E-state index in [-0.39, 0.29) is 6.04 Å². The summed E-state index contributed by atoms with van der Waals surface area (Å²) in [6.07, 6.45) is 6.64. The minimum Gasteiger partial charge on any atom is -0.468 e. The molecular formula is C18H32N4O3S. The molecular weight excluding hydrogens is 352 g/mol. The molecule has 7 nitrogen and oxygen atoms in total. The van der Waals surface area contributed by atoms with E-state index in [1.54, 1.807) is 27.2 Å². The lowest BCUT2D eigenvalue weighted by molar-refractivity contribution is 0.146. The fourth-order valence-corrected chi connectivity index (χ4v) is 3.30. The highest BCUT2D eigenvalue weighted by molar-refractivity contribution is 7.92. The summed E-state index contributed by atoms with van der Waals surface area (Å²) in [6, 6.07) is 4.05. The predicted octanol–water partition coefficient (Wildman–Crippen LogP) is 1.79. The summed E-state index contributed by atoms with van der Waals surface area (Å²) in [5.41, 5.74) is 0. The number of sulfone groups is 1. The highest BCUT2D eigenvalue weighted by Gasteiger charge is 2.30. The molecule has 1 aliphatic heterocycles. The molecule has 1 saturated heterocycles. The highest BCUT2D eigenvalue weighted by atomic mass is 32.2. The Morgan fingerprint density at radius 2 is 2.00 bits per heavy atom. The first kappa shape index (κ1) is 20.8. The number of guanidine groups is 1. The molecule has 0 saturated carbocycles. The van der Waals surface area contributed by atoms with Gasteiger partial charge in [0, 0.05) is 26.4 Å². The van der Waals surface area contributed by atoms with Gasteiger partial charge in [0.15, 0.2) is 15.8 Å². The van der Waals surface area contributed by atoms with Crippen LogP contribution in [0.25, 0.3) is 0 Å². The molecule has 0 bridgehead atoms. The van der Waals surface area contributed by atoms with Gasteiger partial charge >= 0.3 is 0 Å². The molecule has 2 heterocycles. The molecule has 2 rings (SSSR count).